The normalized spacial score (nSPS) is 11.2. The molecule has 1 aromatic heterocycles. The summed E-state index contributed by atoms with van der Waals surface area (Å²) in [6, 6.07) is 10.0. The van der Waals surface area contributed by atoms with Gasteiger partial charge in [0.2, 0.25) is 5.91 Å². The Bertz CT molecular complexity index is 588. The molecular formula is C16H19N3O. The van der Waals surface area contributed by atoms with Gasteiger partial charge in [0.25, 0.3) is 0 Å². The monoisotopic (exact) mass is 269 g/mol. The van der Waals surface area contributed by atoms with E-state index >= 15 is 0 Å². The van der Waals surface area contributed by atoms with Gasteiger partial charge in [-0.15, -0.1) is 0 Å². The van der Waals surface area contributed by atoms with E-state index in [9.17, 15) is 4.79 Å². The van der Waals surface area contributed by atoms with Gasteiger partial charge in [0.1, 0.15) is 0 Å². The lowest BCUT2D eigenvalue weighted by atomic mass is 9.95. The number of nitrogens with one attached hydrogen (secondary N) is 1. The van der Waals surface area contributed by atoms with Crippen LogP contribution in [0.3, 0.4) is 0 Å². The van der Waals surface area contributed by atoms with E-state index in [2.05, 4.69) is 15.3 Å². The zero-order chi connectivity index (χ0) is 14.6. The molecular weight excluding hydrogens is 250 g/mol. The van der Waals surface area contributed by atoms with Gasteiger partial charge in [-0.2, -0.15) is 0 Å². The van der Waals surface area contributed by atoms with Crippen LogP contribution in [-0.2, 0) is 11.2 Å². The van der Waals surface area contributed by atoms with Gasteiger partial charge in [-0.3, -0.25) is 9.78 Å². The number of hydrogen-bond donors (Lipinski definition) is 1. The molecule has 104 valence electrons. The van der Waals surface area contributed by atoms with Gasteiger partial charge in [0.15, 0.2) is 5.82 Å². The summed E-state index contributed by atoms with van der Waals surface area (Å²) in [6.07, 6.45) is 3.88. The van der Waals surface area contributed by atoms with Crippen molar-refractivity contribution >= 4 is 11.7 Å². The van der Waals surface area contributed by atoms with Crippen LogP contribution in [0.1, 0.15) is 32.0 Å². The third-order valence-electron chi connectivity index (χ3n) is 2.90. The number of aromatic nitrogens is 2. The van der Waals surface area contributed by atoms with Crippen molar-refractivity contribution in [1.82, 2.24) is 9.97 Å². The van der Waals surface area contributed by atoms with Gasteiger partial charge in [-0.1, -0.05) is 51.1 Å². The molecule has 0 unspecified atom stereocenters. The van der Waals surface area contributed by atoms with E-state index in [-0.39, 0.29) is 5.91 Å². The fourth-order valence-corrected chi connectivity index (χ4v) is 1.68. The van der Waals surface area contributed by atoms with Gasteiger partial charge >= 0.3 is 0 Å². The van der Waals surface area contributed by atoms with Crippen molar-refractivity contribution in [1.29, 1.82) is 0 Å². The highest BCUT2D eigenvalue weighted by Crippen LogP contribution is 2.19. The molecule has 0 aliphatic heterocycles. The summed E-state index contributed by atoms with van der Waals surface area (Å²) in [6.45, 7) is 5.61. The van der Waals surface area contributed by atoms with Crippen LogP contribution in [0.15, 0.2) is 42.7 Å². The van der Waals surface area contributed by atoms with E-state index in [1.807, 2.05) is 51.1 Å². The van der Waals surface area contributed by atoms with Crippen molar-refractivity contribution < 1.29 is 4.79 Å². The Kier molecular flexibility index (Phi) is 4.13. The summed E-state index contributed by atoms with van der Waals surface area (Å²) in [5, 5.41) is 2.86. The lowest BCUT2D eigenvalue weighted by Gasteiger charge is -2.18. The maximum absolute atomic E-state index is 12.1. The van der Waals surface area contributed by atoms with Crippen molar-refractivity contribution in [2.75, 3.05) is 5.32 Å². The highest BCUT2D eigenvalue weighted by atomic mass is 16.2. The maximum Gasteiger partial charge on any atom is 0.230 e. The van der Waals surface area contributed by atoms with Gasteiger partial charge < -0.3 is 5.32 Å². The van der Waals surface area contributed by atoms with E-state index in [0.29, 0.717) is 12.2 Å². The Balaban J connectivity index is 2.21. The zero-order valence-corrected chi connectivity index (χ0v) is 12.1. The van der Waals surface area contributed by atoms with Crippen molar-refractivity contribution in [2.45, 2.75) is 27.2 Å². The van der Waals surface area contributed by atoms with Gasteiger partial charge in [-0.05, 0) is 5.56 Å². The lowest BCUT2D eigenvalue weighted by Crippen LogP contribution is -2.28. The van der Waals surface area contributed by atoms with Crippen LogP contribution in [0.4, 0.5) is 5.82 Å². The molecule has 1 heterocycles. The number of anilines is 1. The van der Waals surface area contributed by atoms with Crippen LogP contribution in [-0.4, -0.2) is 15.9 Å². The minimum atomic E-state index is -0.457. The largest absolute Gasteiger partial charge is 0.309 e. The van der Waals surface area contributed by atoms with Crippen molar-refractivity contribution in [2.24, 2.45) is 5.41 Å². The number of amides is 1. The summed E-state index contributed by atoms with van der Waals surface area (Å²) >= 11 is 0. The van der Waals surface area contributed by atoms with E-state index in [1.54, 1.807) is 12.4 Å². The predicted octanol–water partition coefficient (Wildman–Crippen LogP) is 3.05. The Labute approximate surface area is 119 Å². The molecule has 0 aliphatic rings. The molecule has 4 nitrogen and oxygen atoms in total. The maximum atomic E-state index is 12.1. The van der Waals surface area contributed by atoms with Gasteiger partial charge in [0.05, 0.1) is 5.69 Å². The van der Waals surface area contributed by atoms with Crippen LogP contribution >= 0.6 is 0 Å². The molecule has 0 aliphatic carbocycles. The van der Waals surface area contributed by atoms with Crippen LogP contribution in [0.5, 0.6) is 0 Å². The molecule has 0 bridgehead atoms. The van der Waals surface area contributed by atoms with Crippen molar-refractivity contribution in [3.63, 3.8) is 0 Å². The van der Waals surface area contributed by atoms with Crippen LogP contribution < -0.4 is 5.32 Å². The predicted molar refractivity (Wildman–Crippen MR) is 79.4 cm³/mol. The molecule has 20 heavy (non-hydrogen) atoms. The average molecular weight is 269 g/mol. The van der Waals surface area contributed by atoms with E-state index in [4.69, 9.17) is 0 Å². The second-order valence-corrected chi connectivity index (χ2v) is 5.72. The topological polar surface area (TPSA) is 54.9 Å². The Morgan fingerprint density at radius 1 is 1.10 bits per heavy atom. The molecule has 2 aromatic rings. The molecule has 0 atom stereocenters. The first kappa shape index (κ1) is 14.2. The number of carbonyl (C=O) groups is 1. The Morgan fingerprint density at radius 3 is 2.40 bits per heavy atom. The first-order valence-electron chi connectivity index (χ1n) is 6.62. The SMILES string of the molecule is CC(C)(C)C(=O)Nc1nccnc1Cc1ccccc1. The number of rotatable bonds is 3. The quantitative estimate of drug-likeness (QED) is 0.931. The summed E-state index contributed by atoms with van der Waals surface area (Å²) in [4.78, 5) is 20.6. The minimum Gasteiger partial charge on any atom is -0.309 e. The standard InChI is InChI=1S/C16H19N3O/c1-16(2,3)15(20)19-14-13(17-9-10-18-14)11-12-7-5-4-6-8-12/h4-10H,11H2,1-3H3,(H,18,19,20). The molecule has 1 aromatic carbocycles. The first-order chi connectivity index (χ1) is 9.47. The highest BCUT2D eigenvalue weighted by molar-refractivity contribution is 5.94. The second-order valence-electron chi connectivity index (χ2n) is 5.72. The summed E-state index contributed by atoms with van der Waals surface area (Å²) in [5.41, 5.74) is 1.46. The van der Waals surface area contributed by atoms with Crippen LogP contribution in [0.25, 0.3) is 0 Å². The molecule has 4 heteroatoms. The molecule has 0 fully saturated rings. The summed E-state index contributed by atoms with van der Waals surface area (Å²) < 4.78 is 0. The van der Waals surface area contributed by atoms with Crippen LogP contribution in [0, 0.1) is 5.41 Å². The fraction of sp³-hybridized carbons (Fsp3) is 0.312. The molecule has 0 saturated heterocycles. The van der Waals surface area contributed by atoms with Crippen LogP contribution in [0.2, 0.25) is 0 Å². The molecule has 1 N–H and O–H groups in total. The fourth-order valence-electron chi connectivity index (χ4n) is 1.68. The minimum absolute atomic E-state index is 0.0627. The van der Waals surface area contributed by atoms with E-state index in [0.717, 1.165) is 11.3 Å². The van der Waals surface area contributed by atoms with Crippen molar-refractivity contribution in [3.05, 3.63) is 54.0 Å². The molecule has 2 rings (SSSR count). The van der Waals surface area contributed by atoms with E-state index in [1.165, 1.54) is 0 Å². The summed E-state index contributed by atoms with van der Waals surface area (Å²) in [7, 11) is 0. The molecule has 0 saturated carbocycles. The molecule has 0 spiro atoms. The second kappa shape index (κ2) is 5.82. The molecule has 0 radical (unpaired) electrons. The number of carbonyl (C=O) groups excluding carboxylic acids is 1. The zero-order valence-electron chi connectivity index (χ0n) is 12.1. The number of benzene rings is 1. The Morgan fingerprint density at radius 2 is 1.75 bits per heavy atom. The van der Waals surface area contributed by atoms with Gasteiger partial charge in [0, 0.05) is 24.2 Å². The van der Waals surface area contributed by atoms with Crippen molar-refractivity contribution in [3.8, 4) is 0 Å². The smallest absolute Gasteiger partial charge is 0.230 e. The average Bonchev–Trinajstić information content (AvgIpc) is 2.41. The Hall–Kier alpha value is -2.23. The first-order valence-corrected chi connectivity index (χ1v) is 6.62. The summed E-state index contributed by atoms with van der Waals surface area (Å²) in [5.74, 6) is 0.476. The number of nitrogens with zero attached hydrogens (tertiary/aromatic N) is 2. The third-order valence-corrected chi connectivity index (χ3v) is 2.90. The molecule has 1 amide bonds. The third kappa shape index (κ3) is 3.63. The van der Waals surface area contributed by atoms with E-state index < -0.39 is 5.41 Å². The number of hydrogen-bond acceptors (Lipinski definition) is 3. The lowest BCUT2D eigenvalue weighted by molar-refractivity contribution is -0.123. The highest BCUT2D eigenvalue weighted by Gasteiger charge is 2.22. The van der Waals surface area contributed by atoms with Gasteiger partial charge in [-0.25, -0.2) is 4.98 Å².